The molecule has 3 aromatic rings. The number of rotatable bonds is 9. The lowest BCUT2D eigenvalue weighted by Gasteiger charge is -2.18. The topological polar surface area (TPSA) is 38.1 Å². The monoisotopic (exact) mass is 407 g/mol. The molecular weight excluding hydrogens is 377 g/mol. The summed E-state index contributed by atoms with van der Waals surface area (Å²) in [6.07, 6.45) is 7.79. The van der Waals surface area contributed by atoms with Crippen LogP contribution in [-0.4, -0.2) is 22.0 Å². The van der Waals surface area contributed by atoms with Crippen LogP contribution in [0.15, 0.2) is 48.5 Å². The van der Waals surface area contributed by atoms with E-state index in [1.807, 2.05) is 18.2 Å². The molecule has 0 spiro atoms. The summed E-state index contributed by atoms with van der Waals surface area (Å²) in [4.78, 5) is 19.2. The first-order chi connectivity index (χ1) is 14.7. The molecule has 0 saturated carbocycles. The molecule has 1 amide bonds. The fourth-order valence-electron chi connectivity index (χ4n) is 4.48. The quantitative estimate of drug-likeness (QED) is 0.405. The number of unbranched alkanes of at least 4 members (excludes halogenated alkanes) is 5. The first kappa shape index (κ1) is 20.6. The molecule has 1 unspecified atom stereocenters. The van der Waals surface area contributed by atoms with Crippen LogP contribution >= 0.6 is 0 Å². The lowest BCUT2D eigenvalue weighted by atomic mass is 10.1. The molecule has 0 aliphatic carbocycles. The Morgan fingerprint density at radius 2 is 1.73 bits per heavy atom. The van der Waals surface area contributed by atoms with Gasteiger partial charge in [0.05, 0.1) is 16.7 Å². The Kier molecular flexibility index (Phi) is 6.46. The number of para-hydroxylation sites is 3. The molecule has 2 aromatic carbocycles. The van der Waals surface area contributed by atoms with Crippen LogP contribution in [0.2, 0.25) is 0 Å². The third-order valence-corrected chi connectivity index (χ3v) is 6.05. The average Bonchev–Trinajstić information content (AvgIpc) is 3.31. The third-order valence-electron chi connectivity index (χ3n) is 6.05. The first-order valence-corrected chi connectivity index (χ1v) is 11.2. The maximum absolute atomic E-state index is 14.3. The number of benzene rings is 2. The van der Waals surface area contributed by atoms with Crippen molar-refractivity contribution in [3.8, 4) is 0 Å². The van der Waals surface area contributed by atoms with Crippen molar-refractivity contribution in [3.63, 3.8) is 0 Å². The predicted octanol–water partition coefficient (Wildman–Crippen LogP) is 6.06. The van der Waals surface area contributed by atoms with Gasteiger partial charge in [-0.2, -0.15) is 0 Å². The second-order valence-electron chi connectivity index (χ2n) is 8.23. The van der Waals surface area contributed by atoms with E-state index >= 15 is 0 Å². The molecule has 1 aliphatic heterocycles. The second kappa shape index (κ2) is 9.41. The average molecular weight is 408 g/mol. The number of carbonyl (C=O) groups excluding carboxylic acids is 1. The number of fused-ring (bicyclic) bond motifs is 1. The lowest BCUT2D eigenvalue weighted by Crippen LogP contribution is -2.25. The zero-order chi connectivity index (χ0) is 20.9. The molecule has 1 aromatic heterocycles. The Hall–Kier alpha value is -2.69. The Labute approximate surface area is 177 Å². The number of amides is 1. The largest absolute Gasteiger partial charge is 0.328 e. The minimum absolute atomic E-state index is 0.0235. The van der Waals surface area contributed by atoms with Crippen LogP contribution in [0.1, 0.15) is 63.6 Å². The molecule has 1 atom stereocenters. The highest BCUT2D eigenvalue weighted by atomic mass is 19.1. The van der Waals surface area contributed by atoms with Crippen molar-refractivity contribution in [1.29, 1.82) is 0 Å². The lowest BCUT2D eigenvalue weighted by molar-refractivity contribution is -0.117. The minimum atomic E-state index is -0.355. The van der Waals surface area contributed by atoms with Gasteiger partial charge in [0.1, 0.15) is 11.6 Å². The van der Waals surface area contributed by atoms with Crippen LogP contribution < -0.4 is 4.90 Å². The van der Waals surface area contributed by atoms with E-state index in [0.29, 0.717) is 18.7 Å². The van der Waals surface area contributed by atoms with Crippen molar-refractivity contribution in [2.24, 2.45) is 0 Å². The van der Waals surface area contributed by atoms with Gasteiger partial charge in [0, 0.05) is 25.4 Å². The second-order valence-corrected chi connectivity index (χ2v) is 8.23. The Morgan fingerprint density at radius 3 is 2.57 bits per heavy atom. The van der Waals surface area contributed by atoms with E-state index in [0.717, 1.165) is 29.8 Å². The number of halogens is 1. The van der Waals surface area contributed by atoms with Crippen molar-refractivity contribution < 1.29 is 9.18 Å². The summed E-state index contributed by atoms with van der Waals surface area (Å²) >= 11 is 0. The molecule has 1 fully saturated rings. The molecule has 1 aliphatic rings. The number of anilines is 1. The molecule has 5 heteroatoms. The molecule has 1 saturated heterocycles. The van der Waals surface area contributed by atoms with Crippen LogP contribution in [-0.2, 0) is 11.3 Å². The smallest absolute Gasteiger partial charge is 0.227 e. The van der Waals surface area contributed by atoms with Crippen molar-refractivity contribution in [3.05, 3.63) is 60.2 Å². The van der Waals surface area contributed by atoms with Crippen LogP contribution in [0, 0.1) is 5.82 Å². The van der Waals surface area contributed by atoms with Crippen molar-refractivity contribution in [2.45, 2.75) is 64.3 Å². The molecule has 4 rings (SSSR count). The van der Waals surface area contributed by atoms with Crippen molar-refractivity contribution >= 4 is 22.6 Å². The Bertz CT molecular complexity index is 1010. The van der Waals surface area contributed by atoms with Gasteiger partial charge in [-0.25, -0.2) is 9.37 Å². The first-order valence-electron chi connectivity index (χ1n) is 11.2. The fourth-order valence-corrected chi connectivity index (χ4v) is 4.48. The van der Waals surface area contributed by atoms with Crippen LogP contribution in [0.25, 0.3) is 11.0 Å². The van der Waals surface area contributed by atoms with E-state index in [2.05, 4.69) is 17.6 Å². The Balaban J connectivity index is 1.55. The zero-order valence-corrected chi connectivity index (χ0v) is 17.7. The summed E-state index contributed by atoms with van der Waals surface area (Å²) in [6.45, 7) is 3.61. The van der Waals surface area contributed by atoms with E-state index < -0.39 is 0 Å². The van der Waals surface area contributed by atoms with Crippen LogP contribution in [0.3, 0.4) is 0 Å². The molecule has 2 heterocycles. The highest BCUT2D eigenvalue weighted by Gasteiger charge is 2.35. The highest BCUT2D eigenvalue weighted by Crippen LogP contribution is 2.34. The third kappa shape index (κ3) is 4.25. The standard InChI is InChI=1S/C25H30FN3O/c1-2-3-4-5-6-11-16-28-23-15-10-8-13-21(23)27-25(28)19-17-24(30)29(18-19)22-14-9-7-12-20(22)26/h7-10,12-15,19H,2-6,11,16-18H2,1H3. The maximum Gasteiger partial charge on any atom is 0.227 e. The molecule has 30 heavy (non-hydrogen) atoms. The van der Waals surface area contributed by atoms with Gasteiger partial charge in [0.25, 0.3) is 0 Å². The number of hydrogen-bond acceptors (Lipinski definition) is 2. The van der Waals surface area contributed by atoms with Gasteiger partial charge >= 0.3 is 0 Å². The number of hydrogen-bond donors (Lipinski definition) is 0. The molecule has 158 valence electrons. The number of aromatic nitrogens is 2. The fraction of sp³-hybridized carbons (Fsp3) is 0.440. The number of nitrogens with zero attached hydrogens (tertiary/aromatic N) is 3. The van der Waals surface area contributed by atoms with Crippen molar-refractivity contribution in [2.75, 3.05) is 11.4 Å². The number of carbonyl (C=O) groups is 1. The number of imidazole rings is 1. The zero-order valence-electron chi connectivity index (χ0n) is 17.7. The SMILES string of the molecule is CCCCCCCCn1c(C2CC(=O)N(c3ccccc3F)C2)nc2ccccc21. The molecule has 4 nitrogen and oxygen atoms in total. The van der Waals surface area contributed by atoms with E-state index in [9.17, 15) is 9.18 Å². The molecule has 0 N–H and O–H groups in total. The van der Waals surface area contributed by atoms with E-state index in [1.165, 1.54) is 38.2 Å². The van der Waals surface area contributed by atoms with E-state index in [-0.39, 0.29) is 17.6 Å². The van der Waals surface area contributed by atoms with Gasteiger partial charge in [0.15, 0.2) is 0 Å². The predicted molar refractivity (Wildman–Crippen MR) is 119 cm³/mol. The molecular formula is C25H30FN3O. The van der Waals surface area contributed by atoms with Gasteiger partial charge in [-0.3, -0.25) is 4.79 Å². The van der Waals surface area contributed by atoms with Crippen LogP contribution in [0.5, 0.6) is 0 Å². The number of aryl methyl sites for hydroxylation is 1. The minimum Gasteiger partial charge on any atom is -0.328 e. The van der Waals surface area contributed by atoms with Gasteiger partial charge < -0.3 is 9.47 Å². The summed E-state index contributed by atoms with van der Waals surface area (Å²) in [6, 6.07) is 14.7. The maximum atomic E-state index is 14.3. The summed E-state index contributed by atoms with van der Waals surface area (Å²) in [5.41, 5.74) is 2.46. The normalized spacial score (nSPS) is 16.7. The van der Waals surface area contributed by atoms with Gasteiger partial charge in [-0.05, 0) is 30.7 Å². The van der Waals surface area contributed by atoms with Gasteiger partial charge in [-0.1, -0.05) is 63.3 Å². The van der Waals surface area contributed by atoms with Gasteiger partial charge in [0.2, 0.25) is 5.91 Å². The molecule has 0 bridgehead atoms. The molecule has 0 radical (unpaired) electrons. The summed E-state index contributed by atoms with van der Waals surface area (Å²) < 4.78 is 16.6. The summed E-state index contributed by atoms with van der Waals surface area (Å²) in [5, 5.41) is 0. The van der Waals surface area contributed by atoms with Gasteiger partial charge in [-0.15, -0.1) is 0 Å². The van der Waals surface area contributed by atoms with E-state index in [4.69, 9.17) is 4.98 Å². The summed E-state index contributed by atoms with van der Waals surface area (Å²) in [5.74, 6) is 0.539. The van der Waals surface area contributed by atoms with Crippen molar-refractivity contribution in [1.82, 2.24) is 9.55 Å². The van der Waals surface area contributed by atoms with E-state index in [1.54, 1.807) is 23.1 Å². The van der Waals surface area contributed by atoms with Crippen LogP contribution in [0.4, 0.5) is 10.1 Å². The highest BCUT2D eigenvalue weighted by molar-refractivity contribution is 5.96. The Morgan fingerprint density at radius 1 is 1.00 bits per heavy atom. The summed E-state index contributed by atoms with van der Waals surface area (Å²) in [7, 11) is 0.